The van der Waals surface area contributed by atoms with Crippen LogP contribution in [-0.2, 0) is 32.6 Å². The van der Waals surface area contributed by atoms with Gasteiger partial charge in [-0.2, -0.15) is 0 Å². The van der Waals surface area contributed by atoms with Crippen molar-refractivity contribution < 1.29 is 18.0 Å². The Labute approximate surface area is 265 Å². The molecule has 4 aromatic carbocycles. The van der Waals surface area contributed by atoms with E-state index in [2.05, 4.69) is 5.32 Å². The minimum atomic E-state index is -4.20. The topological polar surface area (TPSA) is 86.8 Å². The molecule has 44 heavy (non-hydrogen) atoms. The zero-order chi connectivity index (χ0) is 31.7. The molecule has 0 unspecified atom stereocenters. The van der Waals surface area contributed by atoms with Gasteiger partial charge in [-0.05, 0) is 66.8 Å². The molecule has 0 saturated heterocycles. The fraction of sp³-hybridized carbons (Fsp3) is 0.257. The third-order valence-corrected chi connectivity index (χ3v) is 9.48. The second-order valence-electron chi connectivity index (χ2n) is 10.7. The molecular weight excluding hydrogens is 594 g/mol. The number of nitrogens with zero attached hydrogens (tertiary/aromatic N) is 2. The van der Waals surface area contributed by atoms with Crippen molar-refractivity contribution in [3.8, 4) is 0 Å². The molecule has 7 nitrogen and oxygen atoms in total. The van der Waals surface area contributed by atoms with Gasteiger partial charge in [0.05, 0.1) is 10.6 Å². The van der Waals surface area contributed by atoms with E-state index in [1.807, 2.05) is 68.4 Å². The summed E-state index contributed by atoms with van der Waals surface area (Å²) in [6, 6.07) is 29.2. The number of anilines is 1. The third kappa shape index (κ3) is 8.07. The molecule has 2 amide bonds. The number of carbonyl (C=O) groups is 2. The van der Waals surface area contributed by atoms with Gasteiger partial charge in [0, 0.05) is 24.5 Å². The highest BCUT2D eigenvalue weighted by Gasteiger charge is 2.35. The SMILES string of the molecule is CCCNC(=O)[C@H](Cc1ccccc1)N(Cc1ccccc1C)C(=O)CN(c1cc(Cl)ccc1C)S(=O)(=O)c1ccccc1. The Morgan fingerprint density at radius 3 is 2.14 bits per heavy atom. The molecule has 0 radical (unpaired) electrons. The number of halogens is 1. The van der Waals surface area contributed by atoms with Crippen LogP contribution < -0.4 is 9.62 Å². The number of nitrogens with one attached hydrogen (secondary N) is 1. The van der Waals surface area contributed by atoms with E-state index in [-0.39, 0.29) is 23.8 Å². The maximum absolute atomic E-state index is 14.5. The van der Waals surface area contributed by atoms with Crippen LogP contribution in [0.25, 0.3) is 0 Å². The van der Waals surface area contributed by atoms with E-state index in [9.17, 15) is 18.0 Å². The zero-order valence-corrected chi connectivity index (χ0v) is 26.8. The highest BCUT2D eigenvalue weighted by atomic mass is 35.5. The lowest BCUT2D eigenvalue weighted by molar-refractivity contribution is -0.140. The van der Waals surface area contributed by atoms with Gasteiger partial charge in [-0.25, -0.2) is 8.42 Å². The van der Waals surface area contributed by atoms with Gasteiger partial charge < -0.3 is 10.2 Å². The number of benzene rings is 4. The van der Waals surface area contributed by atoms with Gasteiger partial charge in [-0.15, -0.1) is 0 Å². The fourth-order valence-electron chi connectivity index (χ4n) is 4.98. The molecule has 0 aliphatic carbocycles. The monoisotopic (exact) mass is 631 g/mol. The van der Waals surface area contributed by atoms with E-state index >= 15 is 0 Å². The van der Waals surface area contributed by atoms with Gasteiger partial charge in [0.15, 0.2) is 0 Å². The number of aryl methyl sites for hydroxylation is 2. The summed E-state index contributed by atoms with van der Waals surface area (Å²) in [4.78, 5) is 29.8. The van der Waals surface area contributed by atoms with Crippen LogP contribution in [0, 0.1) is 13.8 Å². The number of amides is 2. The smallest absolute Gasteiger partial charge is 0.264 e. The number of hydrogen-bond donors (Lipinski definition) is 1. The van der Waals surface area contributed by atoms with Crippen LogP contribution in [0.1, 0.15) is 35.6 Å². The van der Waals surface area contributed by atoms with Crippen molar-refractivity contribution in [3.63, 3.8) is 0 Å². The van der Waals surface area contributed by atoms with Gasteiger partial charge in [0.1, 0.15) is 12.6 Å². The molecular formula is C35H38ClN3O4S. The quantitative estimate of drug-likeness (QED) is 0.187. The Hall–Kier alpha value is -4.14. The standard InChI is InChI=1S/C35H38ClN3O4S/c1-4-21-37-35(41)33(22-28-14-7-5-8-15-28)38(24-29-16-12-11-13-26(29)2)34(40)25-39(32-23-30(36)20-19-27(32)3)44(42,43)31-17-9-6-10-18-31/h5-20,23,33H,4,21-22,24-25H2,1-3H3,(H,37,41)/t33-/m0/s1. The largest absolute Gasteiger partial charge is 0.354 e. The van der Waals surface area contributed by atoms with E-state index in [4.69, 9.17) is 11.6 Å². The predicted molar refractivity (Wildman–Crippen MR) is 176 cm³/mol. The third-order valence-electron chi connectivity index (χ3n) is 7.47. The normalized spacial score (nSPS) is 11.9. The van der Waals surface area contributed by atoms with E-state index in [0.717, 1.165) is 27.4 Å². The molecule has 1 atom stereocenters. The average molecular weight is 632 g/mol. The summed E-state index contributed by atoms with van der Waals surface area (Å²) in [5.74, 6) is -0.811. The minimum Gasteiger partial charge on any atom is -0.354 e. The second-order valence-corrected chi connectivity index (χ2v) is 13.0. The van der Waals surface area contributed by atoms with Crippen molar-refractivity contribution in [2.45, 2.75) is 51.1 Å². The summed E-state index contributed by atoms with van der Waals surface area (Å²) in [6.07, 6.45) is 0.988. The average Bonchev–Trinajstić information content (AvgIpc) is 3.03. The Balaban J connectivity index is 1.83. The van der Waals surface area contributed by atoms with Crippen LogP contribution in [0.4, 0.5) is 5.69 Å². The highest BCUT2D eigenvalue weighted by Crippen LogP contribution is 2.30. The number of rotatable bonds is 13. The van der Waals surface area contributed by atoms with Gasteiger partial charge >= 0.3 is 0 Å². The van der Waals surface area contributed by atoms with Crippen LogP contribution in [0.2, 0.25) is 5.02 Å². The molecule has 0 aromatic heterocycles. The van der Waals surface area contributed by atoms with Crippen molar-refractivity contribution in [2.75, 3.05) is 17.4 Å². The van der Waals surface area contributed by atoms with Crippen molar-refractivity contribution >= 4 is 39.1 Å². The summed E-state index contributed by atoms with van der Waals surface area (Å²) >= 11 is 6.34. The summed E-state index contributed by atoms with van der Waals surface area (Å²) in [5, 5.41) is 3.30. The molecule has 0 aliphatic heterocycles. The van der Waals surface area contributed by atoms with Crippen molar-refractivity contribution in [2.24, 2.45) is 0 Å². The molecule has 4 aromatic rings. The maximum Gasteiger partial charge on any atom is 0.264 e. The number of hydrogen-bond acceptors (Lipinski definition) is 4. The lowest BCUT2D eigenvalue weighted by Gasteiger charge is -2.34. The molecule has 230 valence electrons. The number of carbonyl (C=O) groups excluding carboxylic acids is 2. The van der Waals surface area contributed by atoms with E-state index in [1.165, 1.54) is 17.0 Å². The minimum absolute atomic E-state index is 0.0409. The van der Waals surface area contributed by atoms with Crippen LogP contribution in [0.15, 0.2) is 108 Å². The second kappa shape index (κ2) is 15.0. The Morgan fingerprint density at radius 1 is 0.841 bits per heavy atom. The predicted octanol–water partition coefficient (Wildman–Crippen LogP) is 6.32. The van der Waals surface area contributed by atoms with Crippen molar-refractivity contribution in [1.29, 1.82) is 0 Å². The van der Waals surface area contributed by atoms with Crippen LogP contribution in [-0.4, -0.2) is 44.3 Å². The lowest BCUT2D eigenvalue weighted by atomic mass is 10.0. The van der Waals surface area contributed by atoms with Crippen molar-refractivity contribution in [1.82, 2.24) is 10.2 Å². The Kier molecular flexibility index (Phi) is 11.2. The maximum atomic E-state index is 14.5. The van der Waals surface area contributed by atoms with Gasteiger partial charge in [-0.1, -0.05) is 97.4 Å². The molecule has 0 fully saturated rings. The molecule has 0 heterocycles. The Bertz CT molecular complexity index is 1680. The zero-order valence-electron chi connectivity index (χ0n) is 25.2. The first kappa shape index (κ1) is 32.8. The number of sulfonamides is 1. The van der Waals surface area contributed by atoms with Crippen LogP contribution in [0.3, 0.4) is 0 Å². The van der Waals surface area contributed by atoms with Crippen LogP contribution >= 0.6 is 11.6 Å². The first-order chi connectivity index (χ1) is 21.1. The molecule has 0 saturated carbocycles. The van der Waals surface area contributed by atoms with E-state index in [1.54, 1.807) is 43.3 Å². The molecule has 0 spiro atoms. The first-order valence-electron chi connectivity index (χ1n) is 14.6. The molecule has 0 bridgehead atoms. The van der Waals surface area contributed by atoms with Gasteiger partial charge in [0.2, 0.25) is 11.8 Å². The fourth-order valence-corrected chi connectivity index (χ4v) is 6.63. The van der Waals surface area contributed by atoms with E-state index < -0.39 is 28.5 Å². The molecule has 9 heteroatoms. The van der Waals surface area contributed by atoms with Gasteiger partial charge in [-0.3, -0.25) is 13.9 Å². The molecule has 1 N–H and O–H groups in total. The summed E-state index contributed by atoms with van der Waals surface area (Å²) in [7, 11) is -4.20. The Morgan fingerprint density at radius 2 is 1.48 bits per heavy atom. The highest BCUT2D eigenvalue weighted by molar-refractivity contribution is 7.92. The molecule has 4 rings (SSSR count). The lowest BCUT2D eigenvalue weighted by Crippen LogP contribution is -2.53. The summed E-state index contributed by atoms with van der Waals surface area (Å²) in [6.45, 7) is 5.72. The van der Waals surface area contributed by atoms with E-state index in [0.29, 0.717) is 22.8 Å². The van der Waals surface area contributed by atoms with Crippen molar-refractivity contribution in [3.05, 3.63) is 130 Å². The van der Waals surface area contributed by atoms with Gasteiger partial charge in [0.25, 0.3) is 10.0 Å². The summed E-state index contributed by atoms with van der Waals surface area (Å²) in [5.41, 5.74) is 3.62. The summed E-state index contributed by atoms with van der Waals surface area (Å²) < 4.78 is 29.4. The molecule has 0 aliphatic rings. The van der Waals surface area contributed by atoms with Crippen LogP contribution in [0.5, 0.6) is 0 Å². The first-order valence-corrected chi connectivity index (χ1v) is 16.4.